The highest BCUT2D eigenvalue weighted by atomic mass is 16.6. The number of nitrogens with zero attached hydrogens (tertiary/aromatic N) is 2. The topological polar surface area (TPSA) is 92.6 Å². The van der Waals surface area contributed by atoms with Gasteiger partial charge in [-0.05, 0) is 32.8 Å². The van der Waals surface area contributed by atoms with E-state index in [1.807, 2.05) is 45.0 Å². The van der Waals surface area contributed by atoms with Crippen LogP contribution in [0.4, 0.5) is 5.69 Å². The molecule has 0 aliphatic heterocycles. The fourth-order valence-electron chi connectivity index (χ4n) is 3.04. The lowest BCUT2D eigenvalue weighted by atomic mass is 10.1. The molecule has 0 bridgehead atoms. The largest absolute Gasteiger partial charge is 0.352 e. The van der Waals surface area contributed by atoms with E-state index in [9.17, 15) is 19.7 Å². The minimum Gasteiger partial charge on any atom is -0.352 e. The lowest BCUT2D eigenvalue weighted by Gasteiger charge is -2.29. The molecule has 2 atom stereocenters. The Hall–Kier alpha value is -3.22. The minimum atomic E-state index is -0.712. The van der Waals surface area contributed by atoms with Crippen LogP contribution in [0.15, 0.2) is 48.5 Å². The van der Waals surface area contributed by atoms with E-state index < -0.39 is 11.0 Å². The number of carbonyl (C=O) groups is 2. The van der Waals surface area contributed by atoms with E-state index >= 15 is 0 Å². The normalized spacial score (nSPS) is 12.7. The molecule has 0 aliphatic carbocycles. The maximum atomic E-state index is 13.2. The molecule has 2 aromatic carbocycles. The second-order valence-corrected chi connectivity index (χ2v) is 7.56. The van der Waals surface area contributed by atoms with Crippen LogP contribution in [-0.4, -0.2) is 33.7 Å². The monoisotopic (exact) mass is 411 g/mol. The Morgan fingerprint density at radius 2 is 1.73 bits per heavy atom. The van der Waals surface area contributed by atoms with Crippen molar-refractivity contribution in [2.45, 2.75) is 59.2 Å². The number of aryl methyl sites for hydroxylation is 1. The smallest absolute Gasteiger partial charge is 0.273 e. The summed E-state index contributed by atoms with van der Waals surface area (Å²) in [6.07, 6.45) is 0.630. The molecule has 0 heterocycles. The van der Waals surface area contributed by atoms with Crippen LogP contribution in [0.5, 0.6) is 0 Å². The van der Waals surface area contributed by atoms with Crippen LogP contribution in [0.3, 0.4) is 0 Å². The summed E-state index contributed by atoms with van der Waals surface area (Å²) >= 11 is 0. The van der Waals surface area contributed by atoms with Crippen LogP contribution >= 0.6 is 0 Å². The Bertz CT molecular complexity index is 896. The van der Waals surface area contributed by atoms with Gasteiger partial charge in [0.05, 0.1) is 11.3 Å². The zero-order valence-electron chi connectivity index (χ0n) is 17.9. The van der Waals surface area contributed by atoms with Gasteiger partial charge in [0.1, 0.15) is 6.04 Å². The van der Waals surface area contributed by atoms with Crippen LogP contribution in [-0.2, 0) is 22.6 Å². The van der Waals surface area contributed by atoms with Gasteiger partial charge in [-0.1, -0.05) is 55.0 Å². The molecule has 0 aliphatic rings. The van der Waals surface area contributed by atoms with Crippen LogP contribution in [0, 0.1) is 17.0 Å². The summed E-state index contributed by atoms with van der Waals surface area (Å²) in [5.74, 6) is -0.580. The molecule has 2 aromatic rings. The number of nitro benzene ring substituents is 1. The summed E-state index contributed by atoms with van der Waals surface area (Å²) in [7, 11) is 0. The van der Waals surface area contributed by atoms with Crippen LogP contribution < -0.4 is 5.32 Å². The lowest BCUT2D eigenvalue weighted by molar-refractivity contribution is -0.385. The Morgan fingerprint density at radius 1 is 1.10 bits per heavy atom. The van der Waals surface area contributed by atoms with Gasteiger partial charge in [-0.25, -0.2) is 0 Å². The van der Waals surface area contributed by atoms with E-state index in [1.165, 1.54) is 11.0 Å². The van der Waals surface area contributed by atoms with Crippen LogP contribution in [0.2, 0.25) is 0 Å². The van der Waals surface area contributed by atoms with Crippen molar-refractivity contribution in [1.29, 1.82) is 0 Å². The van der Waals surface area contributed by atoms with Gasteiger partial charge >= 0.3 is 0 Å². The Kier molecular flexibility index (Phi) is 8.09. The van der Waals surface area contributed by atoms with E-state index in [0.717, 1.165) is 17.5 Å². The molecular formula is C23H29N3O4. The summed E-state index contributed by atoms with van der Waals surface area (Å²) in [5.41, 5.74) is 2.22. The van der Waals surface area contributed by atoms with Crippen molar-refractivity contribution < 1.29 is 14.5 Å². The van der Waals surface area contributed by atoms with Gasteiger partial charge in [0, 0.05) is 24.2 Å². The van der Waals surface area contributed by atoms with Gasteiger partial charge in [-0.15, -0.1) is 0 Å². The Balaban J connectivity index is 2.29. The molecule has 0 saturated heterocycles. The number of hydrogen-bond acceptors (Lipinski definition) is 4. The van der Waals surface area contributed by atoms with Gasteiger partial charge in [-0.3, -0.25) is 19.7 Å². The highest BCUT2D eigenvalue weighted by Crippen LogP contribution is 2.20. The number of para-hydroxylation sites is 1. The predicted octanol–water partition coefficient (Wildman–Crippen LogP) is 3.78. The number of nitro groups is 1. The van der Waals surface area contributed by atoms with Gasteiger partial charge < -0.3 is 10.2 Å². The van der Waals surface area contributed by atoms with Crippen molar-refractivity contribution >= 4 is 17.5 Å². The fraction of sp³-hybridized carbons (Fsp3) is 0.391. The molecule has 0 spiro atoms. The Morgan fingerprint density at radius 3 is 2.33 bits per heavy atom. The first-order valence-corrected chi connectivity index (χ1v) is 10.1. The van der Waals surface area contributed by atoms with E-state index in [0.29, 0.717) is 5.56 Å². The number of nitrogens with one attached hydrogen (secondary N) is 1. The van der Waals surface area contributed by atoms with Crippen molar-refractivity contribution in [1.82, 2.24) is 10.2 Å². The summed E-state index contributed by atoms with van der Waals surface area (Å²) < 4.78 is 0. The number of rotatable bonds is 9. The van der Waals surface area contributed by atoms with Crippen molar-refractivity contribution in [3.05, 3.63) is 75.3 Å². The first-order valence-electron chi connectivity index (χ1n) is 10.1. The Labute approximate surface area is 177 Å². The third-order valence-electron chi connectivity index (χ3n) is 5.17. The maximum Gasteiger partial charge on any atom is 0.273 e. The SMILES string of the molecule is CC[C@@H](C)NC(=O)[C@@H](C)N(Cc1ccc(C)cc1)C(=O)Cc1ccccc1[N+](=O)[O-]. The van der Waals surface area contributed by atoms with E-state index in [1.54, 1.807) is 25.1 Å². The molecule has 0 unspecified atom stereocenters. The molecule has 0 aromatic heterocycles. The molecule has 1 N–H and O–H groups in total. The molecule has 30 heavy (non-hydrogen) atoms. The highest BCUT2D eigenvalue weighted by molar-refractivity contribution is 5.88. The molecule has 0 radical (unpaired) electrons. The summed E-state index contributed by atoms with van der Waals surface area (Å²) in [5, 5.41) is 14.2. The highest BCUT2D eigenvalue weighted by Gasteiger charge is 2.28. The molecule has 7 nitrogen and oxygen atoms in total. The molecular weight excluding hydrogens is 382 g/mol. The third kappa shape index (κ3) is 6.14. The average Bonchev–Trinajstić information content (AvgIpc) is 2.72. The zero-order valence-corrected chi connectivity index (χ0v) is 17.9. The predicted molar refractivity (Wildman–Crippen MR) is 116 cm³/mol. The molecule has 2 rings (SSSR count). The quantitative estimate of drug-likeness (QED) is 0.502. The number of hydrogen-bond donors (Lipinski definition) is 1. The third-order valence-corrected chi connectivity index (χ3v) is 5.17. The van der Waals surface area contributed by atoms with Gasteiger partial charge in [0.25, 0.3) is 5.69 Å². The number of carbonyl (C=O) groups excluding carboxylic acids is 2. The summed E-state index contributed by atoms with van der Waals surface area (Å²) in [6, 6.07) is 13.2. The van der Waals surface area contributed by atoms with Crippen molar-refractivity contribution in [3.63, 3.8) is 0 Å². The van der Waals surface area contributed by atoms with Crippen molar-refractivity contribution in [3.8, 4) is 0 Å². The first-order chi connectivity index (χ1) is 14.2. The standard InChI is InChI=1S/C23H29N3O4/c1-5-17(3)24-23(28)18(4)25(15-19-12-10-16(2)11-13-19)22(27)14-20-8-6-7-9-21(20)26(29)30/h6-13,17-18H,5,14-15H2,1-4H3,(H,24,28)/t17-,18-/m1/s1. The van der Waals surface area contributed by atoms with Crippen molar-refractivity contribution in [2.24, 2.45) is 0 Å². The molecule has 0 saturated carbocycles. The lowest BCUT2D eigenvalue weighted by Crippen LogP contribution is -2.49. The minimum absolute atomic E-state index is 0.00788. The van der Waals surface area contributed by atoms with Crippen LogP contribution in [0.1, 0.15) is 43.9 Å². The molecule has 160 valence electrons. The number of benzene rings is 2. The maximum absolute atomic E-state index is 13.2. The van der Waals surface area contributed by atoms with E-state index in [4.69, 9.17) is 0 Å². The summed E-state index contributed by atoms with van der Waals surface area (Å²) in [6.45, 7) is 7.78. The van der Waals surface area contributed by atoms with E-state index in [2.05, 4.69) is 5.32 Å². The van der Waals surface area contributed by atoms with Gasteiger partial charge in [0.2, 0.25) is 11.8 Å². The van der Waals surface area contributed by atoms with Crippen molar-refractivity contribution in [2.75, 3.05) is 0 Å². The second-order valence-electron chi connectivity index (χ2n) is 7.56. The zero-order chi connectivity index (χ0) is 22.3. The first kappa shape index (κ1) is 23.1. The molecule has 7 heteroatoms. The molecule has 0 fully saturated rings. The summed E-state index contributed by atoms with van der Waals surface area (Å²) in [4.78, 5) is 38.2. The van der Waals surface area contributed by atoms with Crippen LogP contribution in [0.25, 0.3) is 0 Å². The number of amides is 2. The van der Waals surface area contributed by atoms with E-state index in [-0.39, 0.29) is 36.5 Å². The average molecular weight is 412 g/mol. The second kappa shape index (κ2) is 10.5. The fourth-order valence-corrected chi connectivity index (χ4v) is 3.04. The molecule has 2 amide bonds. The van der Waals surface area contributed by atoms with Gasteiger partial charge in [0.15, 0.2) is 0 Å². The van der Waals surface area contributed by atoms with Gasteiger partial charge in [-0.2, -0.15) is 0 Å².